The van der Waals surface area contributed by atoms with Gasteiger partial charge in [0.15, 0.2) is 0 Å². The standard InChI is InChI=1S/C16H26N4O/c21-15-11-14(19-16(20-15)12-7-8-12)18-10-9-17-13-5-3-1-2-4-6-13/h11-13,17H,1-10H2,(H2,18,19,20,21). The SMILES string of the molecule is O=c1cc(NCCNC2CCCCCC2)nc(C2CC2)[nH]1. The van der Waals surface area contributed by atoms with E-state index in [0.29, 0.717) is 17.8 Å². The Labute approximate surface area is 125 Å². The van der Waals surface area contributed by atoms with Crippen molar-refractivity contribution in [3.8, 4) is 0 Å². The molecule has 0 aromatic carbocycles. The largest absolute Gasteiger partial charge is 0.369 e. The van der Waals surface area contributed by atoms with Crippen molar-refractivity contribution in [2.45, 2.75) is 63.3 Å². The van der Waals surface area contributed by atoms with E-state index in [-0.39, 0.29) is 5.56 Å². The van der Waals surface area contributed by atoms with Crippen LogP contribution in [0.15, 0.2) is 10.9 Å². The lowest BCUT2D eigenvalue weighted by Gasteiger charge is -2.16. The molecular formula is C16H26N4O. The van der Waals surface area contributed by atoms with Crippen LogP contribution in [-0.2, 0) is 0 Å². The summed E-state index contributed by atoms with van der Waals surface area (Å²) in [6.45, 7) is 1.75. The summed E-state index contributed by atoms with van der Waals surface area (Å²) < 4.78 is 0. The highest BCUT2D eigenvalue weighted by molar-refractivity contribution is 5.33. The second kappa shape index (κ2) is 7.07. The molecule has 2 aliphatic carbocycles. The zero-order valence-corrected chi connectivity index (χ0v) is 12.7. The normalized spacial score (nSPS) is 20.2. The third-order valence-electron chi connectivity index (χ3n) is 4.44. The van der Waals surface area contributed by atoms with Crippen LogP contribution in [-0.4, -0.2) is 29.1 Å². The Morgan fingerprint density at radius 2 is 1.86 bits per heavy atom. The van der Waals surface area contributed by atoms with E-state index in [9.17, 15) is 4.79 Å². The molecular weight excluding hydrogens is 264 g/mol. The van der Waals surface area contributed by atoms with Crippen molar-refractivity contribution in [2.75, 3.05) is 18.4 Å². The van der Waals surface area contributed by atoms with Crippen LogP contribution >= 0.6 is 0 Å². The first kappa shape index (κ1) is 14.6. The first-order valence-corrected chi connectivity index (χ1v) is 8.40. The molecule has 21 heavy (non-hydrogen) atoms. The molecule has 0 aliphatic heterocycles. The van der Waals surface area contributed by atoms with Crippen LogP contribution in [0.3, 0.4) is 0 Å². The molecule has 1 aromatic rings. The Morgan fingerprint density at radius 3 is 2.57 bits per heavy atom. The van der Waals surface area contributed by atoms with Crippen molar-refractivity contribution in [3.05, 3.63) is 22.2 Å². The van der Waals surface area contributed by atoms with E-state index in [1.165, 1.54) is 38.5 Å². The average Bonchev–Trinajstić information content (AvgIpc) is 3.30. The van der Waals surface area contributed by atoms with Gasteiger partial charge in [0.25, 0.3) is 5.56 Å². The highest BCUT2D eigenvalue weighted by Gasteiger charge is 2.26. The maximum absolute atomic E-state index is 11.6. The molecule has 5 heteroatoms. The van der Waals surface area contributed by atoms with Crippen LogP contribution in [0, 0.1) is 0 Å². The van der Waals surface area contributed by atoms with Crippen molar-refractivity contribution in [1.82, 2.24) is 15.3 Å². The number of hydrogen-bond donors (Lipinski definition) is 3. The van der Waals surface area contributed by atoms with Crippen LogP contribution < -0.4 is 16.2 Å². The molecule has 5 nitrogen and oxygen atoms in total. The summed E-state index contributed by atoms with van der Waals surface area (Å²) in [7, 11) is 0. The number of rotatable bonds is 6. The minimum atomic E-state index is -0.0499. The second-order valence-electron chi connectivity index (χ2n) is 6.36. The zero-order valence-electron chi connectivity index (χ0n) is 12.7. The number of hydrogen-bond acceptors (Lipinski definition) is 4. The molecule has 0 spiro atoms. The highest BCUT2D eigenvalue weighted by atomic mass is 16.1. The zero-order chi connectivity index (χ0) is 14.5. The lowest BCUT2D eigenvalue weighted by atomic mass is 10.1. The summed E-state index contributed by atoms with van der Waals surface area (Å²) in [6.07, 6.45) is 10.4. The van der Waals surface area contributed by atoms with E-state index in [2.05, 4.69) is 20.6 Å². The third kappa shape index (κ3) is 4.56. The molecule has 3 N–H and O–H groups in total. The maximum atomic E-state index is 11.6. The molecule has 1 heterocycles. The number of H-pyrrole nitrogens is 1. The van der Waals surface area contributed by atoms with Gasteiger partial charge < -0.3 is 15.6 Å². The van der Waals surface area contributed by atoms with E-state index in [1.807, 2.05) is 0 Å². The number of aromatic nitrogens is 2. The Morgan fingerprint density at radius 1 is 1.10 bits per heavy atom. The molecule has 116 valence electrons. The first-order chi connectivity index (χ1) is 10.3. The van der Waals surface area contributed by atoms with Gasteiger partial charge in [-0.05, 0) is 25.7 Å². The number of anilines is 1. The lowest BCUT2D eigenvalue weighted by Crippen LogP contribution is -2.32. The molecule has 0 amide bonds. The van der Waals surface area contributed by atoms with Gasteiger partial charge in [0.1, 0.15) is 11.6 Å². The molecule has 0 bridgehead atoms. The summed E-state index contributed by atoms with van der Waals surface area (Å²) in [5.41, 5.74) is -0.0499. The number of nitrogens with one attached hydrogen (secondary N) is 3. The van der Waals surface area contributed by atoms with Gasteiger partial charge in [-0.3, -0.25) is 4.79 Å². The van der Waals surface area contributed by atoms with E-state index in [1.54, 1.807) is 6.07 Å². The average molecular weight is 290 g/mol. The van der Waals surface area contributed by atoms with Crippen LogP contribution in [0.5, 0.6) is 0 Å². The molecule has 0 atom stereocenters. The Balaban J connectivity index is 1.43. The van der Waals surface area contributed by atoms with Crippen molar-refractivity contribution < 1.29 is 0 Å². The molecule has 2 aliphatic rings. The molecule has 2 saturated carbocycles. The smallest absolute Gasteiger partial charge is 0.252 e. The van der Waals surface area contributed by atoms with Gasteiger partial charge in [-0.2, -0.15) is 0 Å². The van der Waals surface area contributed by atoms with E-state index in [4.69, 9.17) is 0 Å². The Bertz CT molecular complexity index is 501. The van der Waals surface area contributed by atoms with Gasteiger partial charge >= 0.3 is 0 Å². The predicted molar refractivity (Wildman–Crippen MR) is 84.8 cm³/mol. The molecule has 2 fully saturated rings. The molecule has 0 radical (unpaired) electrons. The van der Waals surface area contributed by atoms with Crippen LogP contribution in [0.4, 0.5) is 5.82 Å². The van der Waals surface area contributed by atoms with Crippen LogP contribution in [0.2, 0.25) is 0 Å². The Kier molecular flexibility index (Phi) is 4.91. The Hall–Kier alpha value is -1.36. The van der Waals surface area contributed by atoms with Gasteiger partial charge in [0.05, 0.1) is 0 Å². The van der Waals surface area contributed by atoms with E-state index >= 15 is 0 Å². The summed E-state index contributed by atoms with van der Waals surface area (Å²) >= 11 is 0. The van der Waals surface area contributed by atoms with Crippen molar-refractivity contribution in [3.63, 3.8) is 0 Å². The number of nitrogens with zero attached hydrogens (tertiary/aromatic N) is 1. The predicted octanol–water partition coefficient (Wildman–Crippen LogP) is 2.37. The topological polar surface area (TPSA) is 69.8 Å². The van der Waals surface area contributed by atoms with E-state index in [0.717, 1.165) is 31.8 Å². The van der Waals surface area contributed by atoms with Crippen molar-refractivity contribution >= 4 is 5.82 Å². The van der Waals surface area contributed by atoms with E-state index < -0.39 is 0 Å². The van der Waals surface area contributed by atoms with Crippen LogP contribution in [0.1, 0.15) is 63.1 Å². The fourth-order valence-electron chi connectivity index (χ4n) is 3.07. The molecule has 1 aromatic heterocycles. The van der Waals surface area contributed by atoms with Crippen molar-refractivity contribution in [2.24, 2.45) is 0 Å². The van der Waals surface area contributed by atoms with Gasteiger partial charge in [0.2, 0.25) is 0 Å². The summed E-state index contributed by atoms with van der Waals surface area (Å²) in [6, 6.07) is 2.22. The maximum Gasteiger partial charge on any atom is 0.252 e. The fraction of sp³-hybridized carbons (Fsp3) is 0.750. The minimum absolute atomic E-state index is 0.0499. The highest BCUT2D eigenvalue weighted by Crippen LogP contribution is 2.37. The number of aromatic amines is 1. The fourth-order valence-corrected chi connectivity index (χ4v) is 3.07. The van der Waals surface area contributed by atoms with Crippen molar-refractivity contribution in [1.29, 1.82) is 0 Å². The molecule has 3 rings (SSSR count). The summed E-state index contributed by atoms with van der Waals surface area (Å²) in [5.74, 6) is 2.04. The molecule has 0 unspecified atom stereocenters. The minimum Gasteiger partial charge on any atom is -0.369 e. The lowest BCUT2D eigenvalue weighted by molar-refractivity contribution is 0.468. The van der Waals surface area contributed by atoms with Gasteiger partial charge in [0, 0.05) is 31.1 Å². The summed E-state index contributed by atoms with van der Waals surface area (Å²) in [5, 5.41) is 6.89. The third-order valence-corrected chi connectivity index (χ3v) is 4.44. The van der Waals surface area contributed by atoms with Gasteiger partial charge in [-0.25, -0.2) is 4.98 Å². The van der Waals surface area contributed by atoms with Gasteiger partial charge in [-0.15, -0.1) is 0 Å². The van der Waals surface area contributed by atoms with Crippen LogP contribution in [0.25, 0.3) is 0 Å². The quantitative estimate of drug-likeness (QED) is 0.556. The monoisotopic (exact) mass is 290 g/mol. The molecule has 0 saturated heterocycles. The summed E-state index contributed by atoms with van der Waals surface area (Å²) in [4.78, 5) is 18.9. The van der Waals surface area contributed by atoms with Gasteiger partial charge in [-0.1, -0.05) is 25.7 Å². The first-order valence-electron chi connectivity index (χ1n) is 8.40. The second-order valence-corrected chi connectivity index (χ2v) is 6.36.